The second-order valence-electron chi connectivity index (χ2n) is 4.97. The molecule has 0 fully saturated rings. The van der Waals surface area contributed by atoms with Crippen LogP contribution in [0.5, 0.6) is 0 Å². The van der Waals surface area contributed by atoms with Gasteiger partial charge in [0.2, 0.25) is 5.91 Å². The minimum Gasteiger partial charge on any atom is -0.323 e. The van der Waals surface area contributed by atoms with Crippen LogP contribution in [0.2, 0.25) is 0 Å². The van der Waals surface area contributed by atoms with E-state index >= 15 is 0 Å². The molecule has 1 heterocycles. The van der Waals surface area contributed by atoms with E-state index in [2.05, 4.69) is 10.3 Å². The number of amides is 1. The van der Waals surface area contributed by atoms with E-state index in [9.17, 15) is 13.6 Å². The number of para-hydroxylation sites is 2. The Morgan fingerprint density at radius 3 is 2.78 bits per heavy atom. The van der Waals surface area contributed by atoms with Gasteiger partial charge in [-0.25, -0.2) is 18.3 Å². The summed E-state index contributed by atoms with van der Waals surface area (Å²) in [4.78, 5) is 15.2. The van der Waals surface area contributed by atoms with Crippen molar-refractivity contribution >= 4 is 34.4 Å². The number of aryl methyl sites for hydroxylation is 1. The van der Waals surface area contributed by atoms with Gasteiger partial charge in [0.05, 0.1) is 18.5 Å². The van der Waals surface area contributed by atoms with E-state index in [1.165, 1.54) is 17.8 Å². The number of halogens is 2. The maximum Gasteiger partial charge on any atom is 0.317 e. The van der Waals surface area contributed by atoms with E-state index in [-0.39, 0.29) is 17.3 Å². The third-order valence-corrected chi connectivity index (χ3v) is 4.41. The van der Waals surface area contributed by atoms with Crippen LogP contribution in [-0.2, 0) is 11.8 Å². The third kappa shape index (κ3) is 3.34. The average Bonchev–Trinajstić information content (AvgIpc) is 2.85. The average molecular weight is 334 g/mol. The molecule has 2 aromatic carbocycles. The maximum atomic E-state index is 13.5. The third-order valence-electron chi connectivity index (χ3n) is 3.36. The van der Waals surface area contributed by atoms with Gasteiger partial charge >= 0.3 is 5.16 Å². The molecule has 0 spiro atoms. The van der Waals surface area contributed by atoms with Crippen LogP contribution < -0.4 is 9.88 Å². The van der Waals surface area contributed by atoms with Crippen molar-refractivity contribution in [2.45, 2.75) is 5.16 Å². The smallest absolute Gasteiger partial charge is 0.317 e. The van der Waals surface area contributed by atoms with Gasteiger partial charge in [-0.1, -0.05) is 12.1 Å². The first-order valence-electron chi connectivity index (χ1n) is 6.89. The van der Waals surface area contributed by atoms with Crippen LogP contribution in [0.3, 0.4) is 0 Å². The highest BCUT2D eigenvalue weighted by atomic mass is 32.2. The zero-order valence-corrected chi connectivity index (χ0v) is 13.1. The number of thioether (sulfide) groups is 1. The zero-order chi connectivity index (χ0) is 16.4. The summed E-state index contributed by atoms with van der Waals surface area (Å²) < 4.78 is 28.3. The summed E-state index contributed by atoms with van der Waals surface area (Å²) in [6.07, 6.45) is 0. The lowest BCUT2D eigenvalue weighted by atomic mass is 10.3. The highest BCUT2D eigenvalue weighted by molar-refractivity contribution is 7.99. The Morgan fingerprint density at radius 1 is 1.26 bits per heavy atom. The normalized spacial score (nSPS) is 10.9. The lowest BCUT2D eigenvalue weighted by Gasteiger charge is -2.05. The van der Waals surface area contributed by atoms with Crippen molar-refractivity contribution in [3.8, 4) is 0 Å². The second kappa shape index (κ2) is 6.37. The van der Waals surface area contributed by atoms with Crippen molar-refractivity contribution in [1.82, 2.24) is 4.98 Å². The fourth-order valence-corrected chi connectivity index (χ4v) is 3.04. The topological polar surface area (TPSA) is 48.8 Å². The van der Waals surface area contributed by atoms with Crippen LogP contribution in [0.15, 0.2) is 47.6 Å². The second-order valence-corrected chi connectivity index (χ2v) is 5.93. The number of benzene rings is 2. The highest BCUT2D eigenvalue weighted by Crippen LogP contribution is 2.19. The summed E-state index contributed by atoms with van der Waals surface area (Å²) in [7, 11) is 1.90. The SMILES string of the molecule is C[n+]1c(SCC(=O)Nc2ccc(F)cc2F)[nH]c2ccccc21. The minimum absolute atomic E-state index is 0.0296. The number of nitrogens with zero attached hydrogens (tertiary/aromatic N) is 1. The number of hydrogen-bond donors (Lipinski definition) is 2. The Morgan fingerprint density at radius 2 is 2.04 bits per heavy atom. The predicted octanol–water partition coefficient (Wildman–Crippen LogP) is 3.00. The van der Waals surface area contributed by atoms with Crippen molar-refractivity contribution < 1.29 is 18.1 Å². The molecule has 3 rings (SSSR count). The lowest BCUT2D eigenvalue weighted by Crippen LogP contribution is -2.29. The Bertz CT molecular complexity index is 879. The van der Waals surface area contributed by atoms with E-state index in [1.54, 1.807) is 0 Å². The number of aromatic amines is 1. The Balaban J connectivity index is 1.67. The van der Waals surface area contributed by atoms with Gasteiger partial charge in [0, 0.05) is 6.07 Å². The molecule has 0 bridgehead atoms. The first kappa shape index (κ1) is 15.5. The molecule has 118 valence electrons. The van der Waals surface area contributed by atoms with E-state index in [0.29, 0.717) is 0 Å². The number of imidazole rings is 1. The summed E-state index contributed by atoms with van der Waals surface area (Å²) >= 11 is 1.31. The van der Waals surface area contributed by atoms with Gasteiger partial charge in [0.25, 0.3) is 0 Å². The number of rotatable bonds is 4. The molecule has 1 aromatic heterocycles. The number of fused-ring (bicyclic) bond motifs is 1. The number of hydrogen-bond acceptors (Lipinski definition) is 2. The molecular formula is C16H14F2N3OS+. The number of carbonyl (C=O) groups is 1. The molecule has 0 radical (unpaired) electrons. The number of nitrogens with one attached hydrogen (secondary N) is 2. The Hall–Kier alpha value is -2.41. The van der Waals surface area contributed by atoms with E-state index in [0.717, 1.165) is 28.3 Å². The van der Waals surface area contributed by atoms with Crippen LogP contribution in [0.4, 0.5) is 14.5 Å². The van der Waals surface area contributed by atoms with Crippen LogP contribution in [-0.4, -0.2) is 16.6 Å². The van der Waals surface area contributed by atoms with Gasteiger partial charge in [-0.3, -0.25) is 4.79 Å². The first-order valence-corrected chi connectivity index (χ1v) is 7.87. The summed E-state index contributed by atoms with van der Waals surface area (Å²) in [6, 6.07) is 10.8. The van der Waals surface area contributed by atoms with Crippen molar-refractivity contribution in [1.29, 1.82) is 0 Å². The van der Waals surface area contributed by atoms with Gasteiger partial charge in [-0.05, 0) is 36.0 Å². The number of H-pyrrole nitrogens is 1. The molecule has 0 aliphatic rings. The monoisotopic (exact) mass is 334 g/mol. The Kier molecular flexibility index (Phi) is 4.29. The van der Waals surface area contributed by atoms with Crippen molar-refractivity contribution in [2.75, 3.05) is 11.1 Å². The largest absolute Gasteiger partial charge is 0.323 e. The molecule has 1 amide bonds. The standard InChI is InChI=1S/C16H13F2N3OS/c1-21-14-5-3-2-4-13(14)20-16(21)23-9-15(22)19-12-7-6-10(17)8-11(12)18/h2-8H,9H2,1H3,(H,19,22)/p+1. The quantitative estimate of drug-likeness (QED) is 0.569. The van der Waals surface area contributed by atoms with Gasteiger partial charge in [-0.2, -0.15) is 0 Å². The lowest BCUT2D eigenvalue weighted by molar-refractivity contribution is -0.683. The van der Waals surface area contributed by atoms with Gasteiger partial charge in [0.1, 0.15) is 11.6 Å². The molecule has 7 heteroatoms. The summed E-state index contributed by atoms with van der Waals surface area (Å²) in [5, 5.41) is 3.26. The van der Waals surface area contributed by atoms with Crippen LogP contribution in [0.25, 0.3) is 11.0 Å². The van der Waals surface area contributed by atoms with Crippen LogP contribution in [0, 0.1) is 11.6 Å². The van der Waals surface area contributed by atoms with E-state index in [1.807, 2.05) is 35.9 Å². The summed E-state index contributed by atoms with van der Waals surface area (Å²) in [5.41, 5.74) is 1.97. The zero-order valence-electron chi connectivity index (χ0n) is 12.3. The minimum atomic E-state index is -0.792. The number of anilines is 1. The molecule has 0 saturated carbocycles. The molecule has 4 nitrogen and oxygen atoms in total. The number of carbonyl (C=O) groups excluding carboxylic acids is 1. The van der Waals surface area contributed by atoms with Gasteiger partial charge in [0.15, 0.2) is 11.0 Å². The first-order chi connectivity index (χ1) is 11.0. The Labute approximate surface area is 135 Å². The molecule has 23 heavy (non-hydrogen) atoms. The maximum absolute atomic E-state index is 13.5. The summed E-state index contributed by atoms with van der Waals surface area (Å²) in [5.74, 6) is -1.73. The van der Waals surface area contributed by atoms with Crippen molar-refractivity contribution in [3.05, 3.63) is 54.1 Å². The molecule has 3 aromatic rings. The fourth-order valence-electron chi connectivity index (χ4n) is 2.22. The molecule has 0 atom stereocenters. The molecule has 0 aliphatic heterocycles. The van der Waals surface area contributed by atoms with Crippen molar-refractivity contribution in [3.63, 3.8) is 0 Å². The fraction of sp³-hybridized carbons (Fsp3) is 0.125. The highest BCUT2D eigenvalue weighted by Gasteiger charge is 2.17. The molecule has 0 unspecified atom stereocenters. The van der Waals surface area contributed by atoms with Gasteiger partial charge in [-0.15, -0.1) is 0 Å². The van der Waals surface area contributed by atoms with E-state index < -0.39 is 11.6 Å². The molecular weight excluding hydrogens is 320 g/mol. The molecule has 2 N–H and O–H groups in total. The van der Waals surface area contributed by atoms with E-state index in [4.69, 9.17) is 0 Å². The summed E-state index contributed by atoms with van der Waals surface area (Å²) in [6.45, 7) is 0. The molecule has 0 aliphatic carbocycles. The van der Waals surface area contributed by atoms with Crippen molar-refractivity contribution in [2.24, 2.45) is 7.05 Å². The molecule has 0 saturated heterocycles. The van der Waals surface area contributed by atoms with Crippen LogP contribution >= 0.6 is 11.8 Å². The number of aromatic nitrogens is 2. The van der Waals surface area contributed by atoms with Crippen LogP contribution in [0.1, 0.15) is 0 Å². The van der Waals surface area contributed by atoms with Gasteiger partial charge < -0.3 is 5.32 Å². The predicted molar refractivity (Wildman–Crippen MR) is 85.2 cm³/mol.